The number of sulfonamides is 1. The van der Waals surface area contributed by atoms with Crippen LogP contribution in [0.15, 0.2) is 69.2 Å². The summed E-state index contributed by atoms with van der Waals surface area (Å²) in [5.74, 6) is 0.0904. The van der Waals surface area contributed by atoms with Crippen molar-refractivity contribution >= 4 is 39.0 Å². The highest BCUT2D eigenvalue weighted by Crippen LogP contribution is 2.28. The zero-order chi connectivity index (χ0) is 22.6. The van der Waals surface area contributed by atoms with Crippen LogP contribution in [0.4, 0.5) is 4.39 Å². The maximum atomic E-state index is 13.3. The molecule has 1 aliphatic heterocycles. The van der Waals surface area contributed by atoms with Crippen molar-refractivity contribution in [1.29, 1.82) is 0 Å². The summed E-state index contributed by atoms with van der Waals surface area (Å²) in [7, 11) is -3.74. The Morgan fingerprint density at radius 1 is 1.06 bits per heavy atom. The van der Waals surface area contributed by atoms with Crippen molar-refractivity contribution in [3.05, 3.63) is 76.5 Å². The monoisotopic (exact) mass is 491 g/mol. The topological polar surface area (TPSA) is 70.6 Å². The van der Waals surface area contributed by atoms with E-state index in [0.717, 1.165) is 22.7 Å². The van der Waals surface area contributed by atoms with Gasteiger partial charge in [-0.2, -0.15) is 4.31 Å². The van der Waals surface area contributed by atoms with Gasteiger partial charge in [-0.1, -0.05) is 12.1 Å². The molecule has 2 aromatic carbocycles. The Bertz CT molecular complexity index is 1170. The van der Waals surface area contributed by atoms with Crippen molar-refractivity contribution in [2.24, 2.45) is 0 Å². The van der Waals surface area contributed by atoms with Crippen LogP contribution < -0.4 is 0 Å². The first-order chi connectivity index (χ1) is 15.4. The molecule has 0 atom stereocenters. The van der Waals surface area contributed by atoms with Crippen molar-refractivity contribution in [3.63, 3.8) is 0 Å². The largest absolute Gasteiger partial charge is 0.337 e. The molecule has 0 aliphatic carbocycles. The molecule has 10 heteroatoms. The summed E-state index contributed by atoms with van der Waals surface area (Å²) < 4.78 is 40.4. The normalized spacial score (nSPS) is 15.5. The fourth-order valence-electron chi connectivity index (χ4n) is 3.49. The lowest BCUT2D eigenvalue weighted by molar-refractivity contribution is 0.0761. The van der Waals surface area contributed by atoms with Gasteiger partial charge in [-0.3, -0.25) is 4.79 Å². The van der Waals surface area contributed by atoms with Gasteiger partial charge in [-0.05, 0) is 42.8 Å². The smallest absolute Gasteiger partial charge is 0.255 e. The minimum absolute atomic E-state index is 0.0578. The molecular weight excluding hydrogens is 469 g/mol. The average molecular weight is 492 g/mol. The zero-order valence-corrected chi connectivity index (χ0v) is 19.6. The molecule has 0 radical (unpaired) electrons. The molecule has 6 nitrogen and oxygen atoms in total. The van der Waals surface area contributed by atoms with E-state index in [-0.39, 0.29) is 17.3 Å². The molecule has 3 aromatic rings. The summed E-state index contributed by atoms with van der Waals surface area (Å²) in [4.78, 5) is 20.2. The van der Waals surface area contributed by atoms with E-state index in [1.807, 2.05) is 29.6 Å². The van der Waals surface area contributed by atoms with E-state index >= 15 is 0 Å². The van der Waals surface area contributed by atoms with Crippen LogP contribution in [0.1, 0.15) is 22.5 Å². The van der Waals surface area contributed by atoms with Crippen molar-refractivity contribution in [3.8, 4) is 0 Å². The van der Waals surface area contributed by atoms with Gasteiger partial charge in [0.1, 0.15) is 5.82 Å². The molecular formula is C22H22FN3O3S3. The Morgan fingerprint density at radius 3 is 2.59 bits per heavy atom. The van der Waals surface area contributed by atoms with Gasteiger partial charge in [-0.25, -0.2) is 17.8 Å². The Morgan fingerprint density at radius 2 is 1.84 bits per heavy atom. The second-order valence-corrected chi connectivity index (χ2v) is 10.9. The predicted molar refractivity (Wildman–Crippen MR) is 124 cm³/mol. The highest BCUT2D eigenvalue weighted by Gasteiger charge is 2.29. The zero-order valence-electron chi connectivity index (χ0n) is 17.2. The summed E-state index contributed by atoms with van der Waals surface area (Å²) in [6.07, 6.45) is 0.528. The van der Waals surface area contributed by atoms with Crippen LogP contribution in [0.25, 0.3) is 0 Å². The molecule has 4 rings (SSSR count). The maximum Gasteiger partial charge on any atom is 0.255 e. The van der Waals surface area contributed by atoms with Crippen molar-refractivity contribution in [2.75, 3.05) is 26.2 Å². The molecule has 0 spiro atoms. The number of thioether (sulfide) groups is 1. The number of halogens is 1. The van der Waals surface area contributed by atoms with Crippen LogP contribution in [0.2, 0.25) is 0 Å². The van der Waals surface area contributed by atoms with Gasteiger partial charge in [0.2, 0.25) is 10.0 Å². The fraction of sp³-hybridized carbons (Fsp3) is 0.273. The van der Waals surface area contributed by atoms with Gasteiger partial charge in [0, 0.05) is 42.2 Å². The number of amides is 1. The van der Waals surface area contributed by atoms with Gasteiger partial charge in [0.15, 0.2) is 0 Å². The van der Waals surface area contributed by atoms with Gasteiger partial charge in [0.25, 0.3) is 5.91 Å². The lowest BCUT2D eigenvalue weighted by Gasteiger charge is -2.23. The van der Waals surface area contributed by atoms with E-state index in [9.17, 15) is 17.6 Å². The van der Waals surface area contributed by atoms with Crippen LogP contribution in [-0.2, 0) is 15.8 Å². The number of hydrogen-bond acceptors (Lipinski definition) is 6. The van der Waals surface area contributed by atoms with Gasteiger partial charge in [-0.15, -0.1) is 23.1 Å². The summed E-state index contributed by atoms with van der Waals surface area (Å²) in [5, 5.41) is 1.99. The van der Waals surface area contributed by atoms with E-state index in [1.165, 1.54) is 27.8 Å². The van der Waals surface area contributed by atoms with Crippen molar-refractivity contribution in [1.82, 2.24) is 14.2 Å². The number of carbonyl (C=O) groups is 1. The molecule has 1 fully saturated rings. The van der Waals surface area contributed by atoms with Gasteiger partial charge < -0.3 is 4.90 Å². The Hall–Kier alpha value is -2.27. The molecule has 168 valence electrons. The summed E-state index contributed by atoms with van der Waals surface area (Å²) in [6.45, 7) is 1.27. The summed E-state index contributed by atoms with van der Waals surface area (Å²) in [6, 6.07) is 12.3. The van der Waals surface area contributed by atoms with Crippen molar-refractivity contribution < 1.29 is 17.6 Å². The lowest BCUT2D eigenvalue weighted by atomic mass is 10.2. The highest BCUT2D eigenvalue weighted by atomic mass is 32.2. The second-order valence-electron chi connectivity index (χ2n) is 7.27. The molecule has 1 amide bonds. The molecule has 1 saturated heterocycles. The van der Waals surface area contributed by atoms with Crippen molar-refractivity contribution in [2.45, 2.75) is 22.0 Å². The number of nitrogens with zero attached hydrogens (tertiary/aromatic N) is 3. The third-order valence-corrected chi connectivity index (χ3v) is 8.83. The molecule has 0 unspecified atom stereocenters. The average Bonchev–Trinajstić information content (AvgIpc) is 3.19. The number of aromatic nitrogens is 1. The third kappa shape index (κ3) is 5.20. The summed E-state index contributed by atoms with van der Waals surface area (Å²) >= 11 is 3.10. The molecule has 1 aromatic heterocycles. The minimum atomic E-state index is -3.74. The fourth-order valence-corrected chi connectivity index (χ4v) is 6.57. The maximum absolute atomic E-state index is 13.3. The van der Waals surface area contributed by atoms with E-state index in [1.54, 1.807) is 22.2 Å². The molecule has 1 aliphatic rings. The van der Waals surface area contributed by atoms with E-state index in [0.29, 0.717) is 37.4 Å². The highest BCUT2D eigenvalue weighted by molar-refractivity contribution is 7.98. The Kier molecular flexibility index (Phi) is 7.24. The quantitative estimate of drug-likeness (QED) is 0.486. The third-order valence-electron chi connectivity index (χ3n) is 5.17. The van der Waals surface area contributed by atoms with E-state index < -0.39 is 15.8 Å². The van der Waals surface area contributed by atoms with E-state index in [4.69, 9.17) is 0 Å². The first kappa shape index (κ1) is 22.9. The first-order valence-corrected chi connectivity index (χ1v) is 13.5. The van der Waals surface area contributed by atoms with Crippen LogP contribution in [0.3, 0.4) is 0 Å². The Balaban J connectivity index is 1.45. The molecule has 0 N–H and O–H groups in total. The van der Waals surface area contributed by atoms with E-state index in [2.05, 4.69) is 4.98 Å². The number of carbonyl (C=O) groups excluding carboxylic acids is 1. The van der Waals surface area contributed by atoms with Crippen LogP contribution in [0.5, 0.6) is 0 Å². The lowest BCUT2D eigenvalue weighted by Crippen LogP contribution is -2.37. The summed E-state index contributed by atoms with van der Waals surface area (Å²) in [5.41, 5.74) is 3.37. The van der Waals surface area contributed by atoms with Gasteiger partial charge in [0.05, 0.1) is 21.7 Å². The standard InChI is InChI=1S/C22H22FN3O3S3/c23-17-6-8-19(9-7-17)32(28,29)26-11-3-10-25(12-13-26)22(27)20-4-1-2-5-21(20)31-15-18-14-30-16-24-18/h1-2,4-9,14,16H,3,10-13,15H2. The molecule has 2 heterocycles. The predicted octanol–water partition coefficient (Wildman–Crippen LogP) is 4.11. The number of thiazole rings is 1. The van der Waals surface area contributed by atoms with Crippen LogP contribution in [0, 0.1) is 5.82 Å². The molecule has 0 bridgehead atoms. The van der Waals surface area contributed by atoms with Crippen LogP contribution >= 0.6 is 23.1 Å². The first-order valence-electron chi connectivity index (χ1n) is 10.1. The second kappa shape index (κ2) is 10.1. The molecule has 0 saturated carbocycles. The SMILES string of the molecule is O=C(c1ccccc1SCc1cscn1)N1CCCN(S(=O)(=O)c2ccc(F)cc2)CC1. The minimum Gasteiger partial charge on any atom is -0.337 e. The van der Waals surface area contributed by atoms with Crippen LogP contribution in [-0.4, -0.2) is 54.7 Å². The van der Waals surface area contributed by atoms with Gasteiger partial charge >= 0.3 is 0 Å². The Labute approximate surface area is 195 Å². The molecule has 32 heavy (non-hydrogen) atoms. The number of benzene rings is 2. The number of hydrogen-bond donors (Lipinski definition) is 0. The number of rotatable bonds is 6.